The fourth-order valence-corrected chi connectivity index (χ4v) is 3.09. The number of amides is 1. The molecule has 0 spiro atoms. The highest BCUT2D eigenvalue weighted by Gasteiger charge is 2.14. The number of esters is 1. The first-order valence-corrected chi connectivity index (χ1v) is 10.8. The number of methoxy groups -OCH3 is 1. The monoisotopic (exact) mass is 453 g/mol. The lowest BCUT2D eigenvalue weighted by molar-refractivity contribution is -0.134. The molecule has 0 atom stereocenters. The van der Waals surface area contributed by atoms with Crippen molar-refractivity contribution in [2.75, 3.05) is 26.9 Å². The molecule has 3 aromatic rings. The Kier molecular flexibility index (Phi) is 8.60. The van der Waals surface area contributed by atoms with E-state index in [4.69, 9.17) is 18.6 Å². The summed E-state index contributed by atoms with van der Waals surface area (Å²) in [5, 5.41) is 3.12. The van der Waals surface area contributed by atoms with Gasteiger partial charge in [0, 0.05) is 31.5 Å². The van der Waals surface area contributed by atoms with Gasteiger partial charge in [0.15, 0.2) is 0 Å². The van der Waals surface area contributed by atoms with Gasteiger partial charge in [-0.1, -0.05) is 19.1 Å². The molecule has 33 heavy (non-hydrogen) atoms. The Bertz CT molecular complexity index is 1150. The second-order valence-corrected chi connectivity index (χ2v) is 7.32. The Morgan fingerprint density at radius 3 is 2.48 bits per heavy atom. The Morgan fingerprint density at radius 2 is 1.76 bits per heavy atom. The largest absolute Gasteiger partial charge is 0.494 e. The predicted octanol–water partition coefficient (Wildman–Crippen LogP) is 3.50. The lowest BCUT2D eigenvalue weighted by Crippen LogP contribution is -2.30. The molecule has 0 unspecified atom stereocenters. The van der Waals surface area contributed by atoms with Crippen molar-refractivity contribution in [1.82, 2.24) is 5.32 Å². The quantitative estimate of drug-likeness (QED) is 0.205. The van der Waals surface area contributed by atoms with Gasteiger partial charge in [-0.15, -0.1) is 0 Å². The van der Waals surface area contributed by atoms with Crippen LogP contribution in [0.4, 0.5) is 0 Å². The molecule has 174 valence electrons. The van der Waals surface area contributed by atoms with Crippen molar-refractivity contribution in [2.45, 2.75) is 26.2 Å². The zero-order chi connectivity index (χ0) is 23.6. The van der Waals surface area contributed by atoms with Crippen molar-refractivity contribution in [3.63, 3.8) is 0 Å². The summed E-state index contributed by atoms with van der Waals surface area (Å²) in [5.74, 6) is 0.0541. The number of hydrogen-bond donors (Lipinski definition) is 1. The van der Waals surface area contributed by atoms with Crippen molar-refractivity contribution in [3.05, 3.63) is 70.1 Å². The highest BCUT2D eigenvalue weighted by Crippen LogP contribution is 2.21. The van der Waals surface area contributed by atoms with Crippen LogP contribution in [0.1, 0.15) is 35.7 Å². The molecular weight excluding hydrogens is 426 g/mol. The van der Waals surface area contributed by atoms with Gasteiger partial charge in [0.05, 0.1) is 13.2 Å². The van der Waals surface area contributed by atoms with Gasteiger partial charge in [0.2, 0.25) is 0 Å². The number of carbonyl (C=O) groups excluding carboxylic acids is 2. The zero-order valence-electron chi connectivity index (χ0n) is 18.7. The SMILES string of the molecule is CCc1ccc(OCCCC(=O)Oc2ccc3cc(C(=O)NCCOC)c(=O)oc3c2)cc1. The Morgan fingerprint density at radius 1 is 1.00 bits per heavy atom. The smallest absolute Gasteiger partial charge is 0.349 e. The molecule has 0 aliphatic carbocycles. The van der Waals surface area contributed by atoms with Gasteiger partial charge in [-0.2, -0.15) is 0 Å². The molecule has 0 saturated heterocycles. The first-order valence-electron chi connectivity index (χ1n) is 10.8. The number of fused-ring (bicyclic) bond motifs is 1. The molecule has 0 radical (unpaired) electrons. The summed E-state index contributed by atoms with van der Waals surface area (Å²) in [4.78, 5) is 36.5. The molecule has 1 N–H and O–H groups in total. The highest BCUT2D eigenvalue weighted by molar-refractivity contribution is 5.96. The van der Waals surface area contributed by atoms with Crippen LogP contribution >= 0.6 is 0 Å². The summed E-state index contributed by atoms with van der Waals surface area (Å²) in [5.41, 5.74) is 0.578. The van der Waals surface area contributed by atoms with Crippen LogP contribution in [0.2, 0.25) is 0 Å². The molecule has 1 aromatic heterocycles. The molecule has 0 bridgehead atoms. The van der Waals surface area contributed by atoms with Gasteiger partial charge in [0.25, 0.3) is 5.91 Å². The number of rotatable bonds is 11. The van der Waals surface area contributed by atoms with Crippen LogP contribution in [0.15, 0.2) is 57.7 Å². The normalized spacial score (nSPS) is 10.7. The van der Waals surface area contributed by atoms with Crippen molar-refractivity contribution in [1.29, 1.82) is 0 Å². The maximum absolute atomic E-state index is 12.2. The van der Waals surface area contributed by atoms with Crippen LogP contribution in [0.25, 0.3) is 11.0 Å². The molecule has 1 heterocycles. The number of benzene rings is 2. The van der Waals surface area contributed by atoms with E-state index in [0.29, 0.717) is 25.0 Å². The fraction of sp³-hybridized carbons (Fsp3) is 0.320. The van der Waals surface area contributed by atoms with Crippen LogP contribution < -0.4 is 20.4 Å². The average molecular weight is 453 g/mol. The summed E-state index contributed by atoms with van der Waals surface area (Å²) in [7, 11) is 1.51. The Hall–Kier alpha value is -3.65. The lowest BCUT2D eigenvalue weighted by atomic mass is 10.1. The maximum Gasteiger partial charge on any atom is 0.349 e. The molecule has 2 aromatic carbocycles. The second-order valence-electron chi connectivity index (χ2n) is 7.32. The summed E-state index contributed by atoms with van der Waals surface area (Å²) in [6.45, 7) is 3.09. The van der Waals surface area contributed by atoms with Crippen LogP contribution in [0, 0.1) is 0 Å². The van der Waals surface area contributed by atoms with E-state index in [-0.39, 0.29) is 29.9 Å². The molecule has 8 nitrogen and oxygen atoms in total. The first-order chi connectivity index (χ1) is 16.0. The molecule has 3 rings (SSSR count). The van der Waals surface area contributed by atoms with Gasteiger partial charge in [-0.05, 0) is 48.7 Å². The van der Waals surface area contributed by atoms with Crippen LogP contribution in [0.3, 0.4) is 0 Å². The van der Waals surface area contributed by atoms with Crippen LogP contribution in [-0.4, -0.2) is 38.7 Å². The second kappa shape index (κ2) is 11.8. The average Bonchev–Trinajstić information content (AvgIpc) is 2.82. The minimum Gasteiger partial charge on any atom is -0.494 e. The fourth-order valence-electron chi connectivity index (χ4n) is 3.09. The molecular formula is C25H27NO7. The van der Waals surface area contributed by atoms with Crippen LogP contribution in [0.5, 0.6) is 11.5 Å². The minimum absolute atomic E-state index is 0.104. The summed E-state index contributed by atoms with van der Waals surface area (Å²) in [6.07, 6.45) is 1.64. The third-order valence-electron chi connectivity index (χ3n) is 4.90. The topological polar surface area (TPSA) is 104 Å². The molecule has 0 aliphatic heterocycles. The molecule has 0 saturated carbocycles. The first kappa shape index (κ1) is 24.0. The summed E-state index contributed by atoms with van der Waals surface area (Å²) >= 11 is 0. The number of hydrogen-bond acceptors (Lipinski definition) is 7. The van der Waals surface area contributed by atoms with E-state index in [0.717, 1.165) is 12.2 Å². The van der Waals surface area contributed by atoms with Crippen LogP contribution in [-0.2, 0) is 16.0 Å². The van der Waals surface area contributed by atoms with Crippen molar-refractivity contribution in [2.24, 2.45) is 0 Å². The van der Waals surface area contributed by atoms with Gasteiger partial charge in [-0.3, -0.25) is 9.59 Å². The van der Waals surface area contributed by atoms with E-state index in [1.807, 2.05) is 24.3 Å². The molecule has 1 amide bonds. The van der Waals surface area contributed by atoms with Gasteiger partial charge < -0.3 is 23.9 Å². The van der Waals surface area contributed by atoms with E-state index in [2.05, 4.69) is 12.2 Å². The van der Waals surface area contributed by atoms with Crippen molar-refractivity contribution < 1.29 is 28.2 Å². The van der Waals surface area contributed by atoms with Gasteiger partial charge in [0.1, 0.15) is 22.6 Å². The Balaban J connectivity index is 1.53. The van der Waals surface area contributed by atoms with E-state index < -0.39 is 17.5 Å². The zero-order valence-corrected chi connectivity index (χ0v) is 18.7. The van der Waals surface area contributed by atoms with E-state index in [1.54, 1.807) is 12.1 Å². The molecule has 0 fully saturated rings. The number of ether oxygens (including phenoxy) is 3. The molecule has 8 heteroatoms. The van der Waals surface area contributed by atoms with Gasteiger partial charge in [-0.25, -0.2) is 4.79 Å². The number of nitrogens with one attached hydrogen (secondary N) is 1. The van der Waals surface area contributed by atoms with Gasteiger partial charge >= 0.3 is 11.6 Å². The van der Waals surface area contributed by atoms with E-state index in [9.17, 15) is 14.4 Å². The summed E-state index contributed by atoms with van der Waals surface area (Å²) < 4.78 is 21.1. The van der Waals surface area contributed by atoms with E-state index in [1.165, 1.54) is 24.8 Å². The Labute approximate surface area is 191 Å². The maximum atomic E-state index is 12.2. The van der Waals surface area contributed by atoms with E-state index >= 15 is 0 Å². The predicted molar refractivity (Wildman–Crippen MR) is 123 cm³/mol. The highest BCUT2D eigenvalue weighted by atomic mass is 16.5. The standard InChI is InChI=1S/C25H27NO7/c1-3-17-6-9-19(10-7-17)31-13-4-5-23(27)32-20-11-8-18-15-21(24(28)26-12-14-30-2)25(29)33-22(18)16-20/h6-11,15-16H,3-5,12-14H2,1-2H3,(H,26,28). The number of aryl methyl sites for hydroxylation is 1. The number of carbonyl (C=O) groups is 2. The van der Waals surface area contributed by atoms with Crippen molar-refractivity contribution >= 4 is 22.8 Å². The molecule has 0 aliphatic rings. The third kappa shape index (κ3) is 6.92. The summed E-state index contributed by atoms with van der Waals surface area (Å²) in [6, 6.07) is 13.9. The van der Waals surface area contributed by atoms with Crippen molar-refractivity contribution in [3.8, 4) is 11.5 Å². The lowest BCUT2D eigenvalue weighted by Gasteiger charge is -2.08. The third-order valence-corrected chi connectivity index (χ3v) is 4.90. The minimum atomic E-state index is -0.773.